The van der Waals surface area contributed by atoms with E-state index in [0.717, 1.165) is 5.56 Å². The van der Waals surface area contributed by atoms with Crippen molar-refractivity contribution in [2.75, 3.05) is 13.6 Å². The zero-order valence-electron chi connectivity index (χ0n) is 9.97. The number of halogens is 1. The summed E-state index contributed by atoms with van der Waals surface area (Å²) in [6, 6.07) is 4.37. The van der Waals surface area contributed by atoms with Crippen LogP contribution < -0.4 is 0 Å². The van der Waals surface area contributed by atoms with Gasteiger partial charge in [-0.3, -0.25) is 4.79 Å². The molecular weight excluding hydrogens is 274 g/mol. The molecule has 0 unspecified atom stereocenters. The van der Waals surface area contributed by atoms with Crippen LogP contribution in [0.2, 0.25) is 0 Å². The lowest BCUT2D eigenvalue weighted by atomic mass is 10.1. The number of carbonyl (C=O) groups excluding carboxylic acids is 1. The SMILES string of the molecule is C#CCN(C)C(=O)c1cc(C)ccc1S(=O)(=O)Cl. The summed E-state index contributed by atoms with van der Waals surface area (Å²) in [7, 11) is 2.83. The molecule has 0 atom stereocenters. The molecule has 1 rings (SSSR count). The predicted molar refractivity (Wildman–Crippen MR) is 70.0 cm³/mol. The maximum atomic E-state index is 12.1. The van der Waals surface area contributed by atoms with Gasteiger partial charge in [0.1, 0.15) is 0 Å². The van der Waals surface area contributed by atoms with E-state index in [4.69, 9.17) is 17.1 Å². The quantitative estimate of drug-likeness (QED) is 0.626. The number of rotatable bonds is 3. The van der Waals surface area contributed by atoms with Crippen molar-refractivity contribution >= 4 is 25.6 Å². The van der Waals surface area contributed by atoms with Crippen molar-refractivity contribution in [1.29, 1.82) is 0 Å². The van der Waals surface area contributed by atoms with Gasteiger partial charge in [0.15, 0.2) is 0 Å². The second-order valence-corrected chi connectivity index (χ2v) is 6.34. The third-order valence-corrected chi connectivity index (χ3v) is 3.68. The smallest absolute Gasteiger partial charge is 0.262 e. The fourth-order valence-electron chi connectivity index (χ4n) is 1.44. The van der Waals surface area contributed by atoms with Crippen molar-refractivity contribution < 1.29 is 13.2 Å². The molecule has 0 aliphatic carbocycles. The number of hydrogen-bond acceptors (Lipinski definition) is 3. The van der Waals surface area contributed by atoms with Crippen molar-refractivity contribution in [2.24, 2.45) is 0 Å². The average Bonchev–Trinajstić information content (AvgIpc) is 2.26. The van der Waals surface area contributed by atoms with Gasteiger partial charge in [-0.2, -0.15) is 0 Å². The van der Waals surface area contributed by atoms with E-state index in [1.807, 2.05) is 0 Å². The van der Waals surface area contributed by atoms with Crippen LogP contribution in [0.15, 0.2) is 23.1 Å². The summed E-state index contributed by atoms with van der Waals surface area (Å²) in [6.45, 7) is 1.84. The van der Waals surface area contributed by atoms with Gasteiger partial charge < -0.3 is 4.90 Å². The molecule has 0 radical (unpaired) electrons. The molecule has 96 valence electrons. The summed E-state index contributed by atoms with van der Waals surface area (Å²) in [5.74, 6) is 1.84. The molecule has 0 bridgehead atoms. The van der Waals surface area contributed by atoms with Gasteiger partial charge in [0.25, 0.3) is 15.0 Å². The Bertz CT molecular complexity index is 617. The van der Waals surface area contributed by atoms with E-state index < -0.39 is 15.0 Å². The minimum atomic E-state index is -3.97. The van der Waals surface area contributed by atoms with Crippen LogP contribution in [0, 0.1) is 19.3 Å². The van der Waals surface area contributed by atoms with Crippen molar-refractivity contribution in [2.45, 2.75) is 11.8 Å². The molecule has 0 saturated heterocycles. The molecule has 0 spiro atoms. The van der Waals surface area contributed by atoms with Gasteiger partial charge in [0, 0.05) is 17.7 Å². The van der Waals surface area contributed by atoms with E-state index in [1.54, 1.807) is 13.0 Å². The van der Waals surface area contributed by atoms with Crippen molar-refractivity contribution in [3.63, 3.8) is 0 Å². The van der Waals surface area contributed by atoms with E-state index >= 15 is 0 Å². The van der Waals surface area contributed by atoms with Crippen molar-refractivity contribution in [3.05, 3.63) is 29.3 Å². The zero-order valence-corrected chi connectivity index (χ0v) is 11.5. The summed E-state index contributed by atoms with van der Waals surface area (Å²) in [6.07, 6.45) is 5.11. The number of carbonyl (C=O) groups is 1. The lowest BCUT2D eigenvalue weighted by Crippen LogP contribution is -2.28. The first kappa shape index (κ1) is 14.6. The third-order valence-electron chi connectivity index (χ3n) is 2.30. The monoisotopic (exact) mass is 285 g/mol. The molecule has 0 aromatic heterocycles. The van der Waals surface area contributed by atoms with E-state index in [2.05, 4.69) is 5.92 Å². The first-order chi connectivity index (χ1) is 8.27. The van der Waals surface area contributed by atoms with Crippen LogP contribution >= 0.6 is 10.7 Å². The van der Waals surface area contributed by atoms with Gasteiger partial charge >= 0.3 is 0 Å². The Morgan fingerprint density at radius 2 is 2.11 bits per heavy atom. The third kappa shape index (κ3) is 3.25. The molecule has 6 heteroatoms. The van der Waals surface area contributed by atoms with Gasteiger partial charge in [0.05, 0.1) is 17.0 Å². The molecule has 0 saturated carbocycles. The van der Waals surface area contributed by atoms with Gasteiger partial charge in [-0.15, -0.1) is 6.42 Å². The van der Waals surface area contributed by atoms with Crippen molar-refractivity contribution in [1.82, 2.24) is 4.90 Å². The highest BCUT2D eigenvalue weighted by molar-refractivity contribution is 8.13. The van der Waals surface area contributed by atoms with Gasteiger partial charge in [-0.05, 0) is 19.1 Å². The first-order valence-electron chi connectivity index (χ1n) is 5.01. The standard InChI is InChI=1S/C12H12ClNO3S/c1-4-7-14(3)12(15)10-8-9(2)5-6-11(10)18(13,16)17/h1,5-6,8H,7H2,2-3H3. The van der Waals surface area contributed by atoms with Crippen LogP contribution in [0.5, 0.6) is 0 Å². The highest BCUT2D eigenvalue weighted by Gasteiger charge is 2.22. The highest BCUT2D eigenvalue weighted by Crippen LogP contribution is 2.22. The molecule has 1 aromatic rings. The minimum absolute atomic E-state index is 0.0303. The molecule has 1 amide bonds. The van der Waals surface area contributed by atoms with Gasteiger partial charge in [-0.25, -0.2) is 8.42 Å². The van der Waals surface area contributed by atoms with Crippen LogP contribution in [-0.4, -0.2) is 32.8 Å². The Morgan fingerprint density at radius 3 is 2.61 bits per heavy atom. The number of hydrogen-bond donors (Lipinski definition) is 0. The lowest BCUT2D eigenvalue weighted by Gasteiger charge is -2.16. The second-order valence-electron chi connectivity index (χ2n) is 3.80. The van der Waals surface area contributed by atoms with Crippen molar-refractivity contribution in [3.8, 4) is 12.3 Å². The summed E-state index contributed by atoms with van der Waals surface area (Å²) >= 11 is 0. The largest absolute Gasteiger partial charge is 0.331 e. The maximum absolute atomic E-state index is 12.1. The molecule has 0 N–H and O–H groups in total. The minimum Gasteiger partial charge on any atom is -0.331 e. The summed E-state index contributed by atoms with van der Waals surface area (Å²) in [5, 5.41) is 0. The first-order valence-corrected chi connectivity index (χ1v) is 7.32. The number of amides is 1. The average molecular weight is 286 g/mol. The van der Waals surface area contributed by atoms with Crippen LogP contribution in [-0.2, 0) is 9.05 Å². The molecule has 18 heavy (non-hydrogen) atoms. The number of aryl methyl sites for hydroxylation is 1. The molecule has 0 fully saturated rings. The molecule has 1 aromatic carbocycles. The van der Waals surface area contributed by atoms with E-state index in [0.29, 0.717) is 0 Å². The van der Waals surface area contributed by atoms with Crippen LogP contribution in [0.1, 0.15) is 15.9 Å². The van der Waals surface area contributed by atoms with Crippen LogP contribution in [0.25, 0.3) is 0 Å². The predicted octanol–water partition coefficient (Wildman–Crippen LogP) is 1.63. The van der Waals surface area contributed by atoms with Gasteiger partial charge in [0.2, 0.25) is 0 Å². The second kappa shape index (κ2) is 5.42. The number of benzene rings is 1. The van der Waals surface area contributed by atoms with Crippen LogP contribution in [0.4, 0.5) is 0 Å². The number of nitrogens with zero attached hydrogens (tertiary/aromatic N) is 1. The maximum Gasteiger partial charge on any atom is 0.262 e. The fourth-order valence-corrected chi connectivity index (χ4v) is 2.48. The Labute approximate surface area is 111 Å². The molecular formula is C12H12ClNO3S. The normalized spacial score (nSPS) is 10.8. The summed E-state index contributed by atoms with van der Waals surface area (Å²) < 4.78 is 22.8. The molecule has 4 nitrogen and oxygen atoms in total. The Morgan fingerprint density at radius 1 is 1.50 bits per heavy atom. The van der Waals surface area contributed by atoms with E-state index in [9.17, 15) is 13.2 Å². The van der Waals surface area contributed by atoms with E-state index in [-0.39, 0.29) is 17.0 Å². The molecule has 0 aliphatic rings. The Balaban J connectivity index is 3.36. The van der Waals surface area contributed by atoms with Crippen LogP contribution in [0.3, 0.4) is 0 Å². The lowest BCUT2D eigenvalue weighted by molar-refractivity contribution is 0.0809. The summed E-state index contributed by atoms with van der Waals surface area (Å²) in [5.41, 5.74) is 0.791. The molecule has 0 aliphatic heterocycles. The topological polar surface area (TPSA) is 54.5 Å². The highest BCUT2D eigenvalue weighted by atomic mass is 35.7. The summed E-state index contributed by atoms with van der Waals surface area (Å²) in [4.78, 5) is 13.1. The van der Waals surface area contributed by atoms with E-state index in [1.165, 1.54) is 24.1 Å². The Kier molecular flexibility index (Phi) is 4.38. The zero-order chi connectivity index (χ0) is 13.9. The number of terminal acetylenes is 1. The van der Waals surface area contributed by atoms with Gasteiger partial charge in [-0.1, -0.05) is 17.6 Å². The Hall–Kier alpha value is -1.51. The fraction of sp³-hybridized carbons (Fsp3) is 0.250. The molecule has 0 heterocycles.